The Bertz CT molecular complexity index is 682. The van der Waals surface area contributed by atoms with Crippen molar-refractivity contribution >= 4 is 11.9 Å². The number of carbonyl (C=O) groups is 1. The van der Waals surface area contributed by atoms with E-state index < -0.39 is 0 Å². The van der Waals surface area contributed by atoms with Gasteiger partial charge in [-0.1, -0.05) is 31.2 Å². The van der Waals surface area contributed by atoms with Crippen LogP contribution in [0.15, 0.2) is 29.3 Å². The molecule has 29 heavy (non-hydrogen) atoms. The van der Waals surface area contributed by atoms with Gasteiger partial charge in [-0.25, -0.2) is 0 Å². The maximum Gasteiger partial charge on any atom is 0.222 e. The number of nitrogens with zero attached hydrogens (tertiary/aromatic N) is 3. The zero-order valence-corrected chi connectivity index (χ0v) is 18.1. The number of guanidine groups is 1. The van der Waals surface area contributed by atoms with Gasteiger partial charge in [-0.2, -0.15) is 0 Å². The molecule has 0 atom stereocenters. The number of likely N-dealkylation sites (tertiary alicyclic amines) is 2. The highest BCUT2D eigenvalue weighted by atomic mass is 16.2. The molecule has 3 rings (SSSR count). The van der Waals surface area contributed by atoms with E-state index in [9.17, 15) is 4.79 Å². The molecule has 1 aromatic carbocycles. The molecule has 2 N–H and O–H groups in total. The molecule has 0 aliphatic carbocycles. The number of hydrogen-bond acceptors (Lipinski definition) is 3. The fourth-order valence-corrected chi connectivity index (χ4v) is 4.13. The zero-order chi connectivity index (χ0) is 20.5. The third kappa shape index (κ3) is 7.03. The van der Waals surface area contributed by atoms with Gasteiger partial charge in [0.2, 0.25) is 5.91 Å². The van der Waals surface area contributed by atoms with Gasteiger partial charge in [0.15, 0.2) is 5.96 Å². The van der Waals surface area contributed by atoms with Crippen molar-refractivity contribution in [1.82, 2.24) is 20.4 Å². The van der Waals surface area contributed by atoms with E-state index in [1.165, 1.54) is 37.1 Å². The summed E-state index contributed by atoms with van der Waals surface area (Å²) in [5.74, 6) is 2.01. The molecule has 6 heteroatoms. The Morgan fingerprint density at radius 3 is 2.69 bits per heavy atom. The maximum absolute atomic E-state index is 11.8. The van der Waals surface area contributed by atoms with E-state index in [-0.39, 0.29) is 5.91 Å². The predicted octanol–water partition coefficient (Wildman–Crippen LogP) is 2.60. The first-order valence-corrected chi connectivity index (χ1v) is 11.2. The monoisotopic (exact) mass is 399 g/mol. The van der Waals surface area contributed by atoms with Crippen LogP contribution in [0.3, 0.4) is 0 Å². The molecule has 1 aromatic rings. The summed E-state index contributed by atoms with van der Waals surface area (Å²) in [7, 11) is 1.82. The third-order valence-corrected chi connectivity index (χ3v) is 6.04. The van der Waals surface area contributed by atoms with Crippen LogP contribution in [0.2, 0.25) is 0 Å². The summed E-state index contributed by atoms with van der Waals surface area (Å²) in [6, 6.07) is 8.47. The Balaban J connectivity index is 1.36. The van der Waals surface area contributed by atoms with Gasteiger partial charge in [-0.15, -0.1) is 0 Å². The maximum atomic E-state index is 11.8. The predicted molar refractivity (Wildman–Crippen MR) is 119 cm³/mol. The summed E-state index contributed by atoms with van der Waals surface area (Å²) in [6.07, 6.45) is 5.48. The van der Waals surface area contributed by atoms with Crippen LogP contribution in [-0.2, 0) is 17.9 Å². The van der Waals surface area contributed by atoms with E-state index in [4.69, 9.17) is 0 Å². The molecular formula is C23H37N5O. The summed E-state index contributed by atoms with van der Waals surface area (Å²) in [4.78, 5) is 20.7. The molecule has 0 radical (unpaired) electrons. The number of carbonyl (C=O) groups excluding carboxylic acids is 1. The summed E-state index contributed by atoms with van der Waals surface area (Å²) in [5.41, 5.74) is 2.40. The average Bonchev–Trinajstić information content (AvgIpc) is 3.13. The molecule has 2 aliphatic heterocycles. The van der Waals surface area contributed by atoms with Crippen molar-refractivity contribution in [3.63, 3.8) is 0 Å². The van der Waals surface area contributed by atoms with E-state index in [0.29, 0.717) is 6.42 Å². The summed E-state index contributed by atoms with van der Waals surface area (Å²) in [6.45, 7) is 9.27. The van der Waals surface area contributed by atoms with E-state index in [2.05, 4.69) is 51.7 Å². The molecule has 2 aliphatic rings. The number of benzene rings is 1. The summed E-state index contributed by atoms with van der Waals surface area (Å²) < 4.78 is 0. The Hall–Kier alpha value is -2.08. The van der Waals surface area contributed by atoms with Crippen molar-refractivity contribution in [2.45, 2.75) is 52.1 Å². The molecule has 2 fully saturated rings. The average molecular weight is 400 g/mol. The van der Waals surface area contributed by atoms with Crippen LogP contribution >= 0.6 is 0 Å². The van der Waals surface area contributed by atoms with Crippen LogP contribution in [0.1, 0.15) is 50.2 Å². The van der Waals surface area contributed by atoms with Crippen molar-refractivity contribution in [1.29, 1.82) is 0 Å². The minimum Gasteiger partial charge on any atom is -0.356 e. The van der Waals surface area contributed by atoms with Crippen molar-refractivity contribution in [3.05, 3.63) is 35.4 Å². The summed E-state index contributed by atoms with van der Waals surface area (Å²) >= 11 is 0. The lowest BCUT2D eigenvalue weighted by atomic mass is 9.99. The van der Waals surface area contributed by atoms with Gasteiger partial charge in [-0.05, 0) is 62.4 Å². The molecule has 0 unspecified atom stereocenters. The quantitative estimate of drug-likeness (QED) is 0.401. The van der Waals surface area contributed by atoms with Crippen LogP contribution in [0, 0.1) is 5.92 Å². The zero-order valence-electron chi connectivity index (χ0n) is 18.1. The number of hydrogen-bond donors (Lipinski definition) is 2. The Morgan fingerprint density at radius 1 is 1.17 bits per heavy atom. The van der Waals surface area contributed by atoms with E-state index in [1.54, 1.807) is 0 Å². The van der Waals surface area contributed by atoms with Gasteiger partial charge in [0.25, 0.3) is 0 Å². The normalized spacial score (nSPS) is 19.0. The molecule has 6 nitrogen and oxygen atoms in total. The number of nitrogens with one attached hydrogen (secondary N) is 2. The molecule has 2 saturated heterocycles. The topological polar surface area (TPSA) is 60.0 Å². The van der Waals surface area contributed by atoms with Gasteiger partial charge < -0.3 is 20.4 Å². The van der Waals surface area contributed by atoms with Gasteiger partial charge in [0.1, 0.15) is 0 Å². The second kappa shape index (κ2) is 11.2. The molecular weight excluding hydrogens is 362 g/mol. The first-order chi connectivity index (χ1) is 14.1. The molecule has 0 aromatic heterocycles. The number of rotatable bonds is 8. The van der Waals surface area contributed by atoms with Gasteiger partial charge in [-0.3, -0.25) is 9.79 Å². The standard InChI is InChI=1S/C23H37N5O/c1-19-9-14-27(15-10-19)12-5-11-25-23(24-2)26-17-20-6-3-7-21(16-20)18-28-13-4-8-22(28)29/h3,6-7,16,19H,4-5,8-15,17-18H2,1-2H3,(H2,24,25,26). The lowest BCUT2D eigenvalue weighted by molar-refractivity contribution is -0.128. The lowest BCUT2D eigenvalue weighted by Gasteiger charge is -2.30. The molecule has 0 spiro atoms. The van der Waals surface area contributed by atoms with Crippen molar-refractivity contribution in [3.8, 4) is 0 Å². The third-order valence-electron chi connectivity index (χ3n) is 6.04. The first-order valence-electron chi connectivity index (χ1n) is 11.2. The van der Waals surface area contributed by atoms with Crippen molar-refractivity contribution in [2.24, 2.45) is 10.9 Å². The lowest BCUT2D eigenvalue weighted by Crippen LogP contribution is -2.39. The van der Waals surface area contributed by atoms with Crippen LogP contribution < -0.4 is 10.6 Å². The minimum atomic E-state index is 0.275. The highest BCUT2D eigenvalue weighted by Gasteiger charge is 2.20. The Kier molecular flexibility index (Phi) is 8.35. The highest BCUT2D eigenvalue weighted by Crippen LogP contribution is 2.16. The second-order valence-corrected chi connectivity index (χ2v) is 8.47. The van der Waals surface area contributed by atoms with E-state index in [1.807, 2.05) is 11.9 Å². The largest absolute Gasteiger partial charge is 0.356 e. The van der Waals surface area contributed by atoms with Gasteiger partial charge >= 0.3 is 0 Å². The fraction of sp³-hybridized carbons (Fsp3) is 0.652. The van der Waals surface area contributed by atoms with E-state index in [0.717, 1.165) is 57.4 Å². The van der Waals surface area contributed by atoms with E-state index >= 15 is 0 Å². The SMILES string of the molecule is CN=C(NCCCN1CCC(C)CC1)NCc1cccc(CN2CCCC2=O)c1. The second-order valence-electron chi connectivity index (χ2n) is 8.47. The molecule has 0 bridgehead atoms. The summed E-state index contributed by atoms with van der Waals surface area (Å²) in [5, 5.41) is 6.83. The fourth-order valence-electron chi connectivity index (χ4n) is 4.13. The van der Waals surface area contributed by atoms with Gasteiger partial charge in [0.05, 0.1) is 0 Å². The Labute approximate surface area is 175 Å². The number of aliphatic imine (C=N–C) groups is 1. The Morgan fingerprint density at radius 2 is 1.97 bits per heavy atom. The smallest absolute Gasteiger partial charge is 0.222 e. The minimum absolute atomic E-state index is 0.275. The number of amides is 1. The van der Waals surface area contributed by atoms with Crippen LogP contribution in [-0.4, -0.2) is 61.4 Å². The van der Waals surface area contributed by atoms with Crippen LogP contribution in [0.4, 0.5) is 0 Å². The van der Waals surface area contributed by atoms with Crippen LogP contribution in [0.25, 0.3) is 0 Å². The highest BCUT2D eigenvalue weighted by molar-refractivity contribution is 5.79. The van der Waals surface area contributed by atoms with Crippen molar-refractivity contribution in [2.75, 3.05) is 39.8 Å². The molecule has 1 amide bonds. The van der Waals surface area contributed by atoms with Crippen molar-refractivity contribution < 1.29 is 4.79 Å². The van der Waals surface area contributed by atoms with Crippen LogP contribution in [0.5, 0.6) is 0 Å². The molecule has 160 valence electrons. The molecule has 0 saturated carbocycles. The number of piperidine rings is 1. The molecule has 2 heterocycles. The van der Waals surface area contributed by atoms with Gasteiger partial charge in [0, 0.05) is 39.6 Å². The first kappa shape index (κ1) is 21.6.